The zero-order valence-electron chi connectivity index (χ0n) is 16.4. The standard InChI is InChI=1S/C22H19N3O4S/c1-12-21(30-13(2)24-12)19(27)17-18(14-6-5-8-16(26)10-14)25(22(29)20(17)28)11-15-7-3-4-9-23-15/h3-10,18,26,28H,11H2,1-2H3. The van der Waals surface area contributed by atoms with Gasteiger partial charge in [0.25, 0.3) is 5.91 Å². The number of carbonyl (C=O) groups excluding carboxylic acids is 2. The summed E-state index contributed by atoms with van der Waals surface area (Å²) in [7, 11) is 0. The average Bonchev–Trinajstić information content (AvgIpc) is 3.19. The number of benzene rings is 1. The Morgan fingerprint density at radius 3 is 2.60 bits per heavy atom. The van der Waals surface area contributed by atoms with Crippen LogP contribution in [0.3, 0.4) is 0 Å². The van der Waals surface area contributed by atoms with Crippen molar-refractivity contribution in [2.24, 2.45) is 0 Å². The normalized spacial score (nSPS) is 16.4. The zero-order valence-corrected chi connectivity index (χ0v) is 17.2. The predicted octanol–water partition coefficient (Wildman–Crippen LogP) is 3.64. The second-order valence-electron chi connectivity index (χ2n) is 6.99. The number of aliphatic hydroxyl groups excluding tert-OH is 1. The molecule has 30 heavy (non-hydrogen) atoms. The highest BCUT2D eigenvalue weighted by atomic mass is 32.1. The van der Waals surface area contributed by atoms with Crippen molar-refractivity contribution in [2.75, 3.05) is 0 Å². The molecule has 0 saturated heterocycles. The summed E-state index contributed by atoms with van der Waals surface area (Å²) in [5.74, 6) is -1.69. The van der Waals surface area contributed by atoms with E-state index in [-0.39, 0.29) is 17.9 Å². The van der Waals surface area contributed by atoms with Crippen molar-refractivity contribution in [2.45, 2.75) is 26.4 Å². The molecular weight excluding hydrogens is 402 g/mol. The number of ketones is 1. The number of phenols is 1. The van der Waals surface area contributed by atoms with Gasteiger partial charge in [-0.15, -0.1) is 11.3 Å². The minimum absolute atomic E-state index is 0.000684. The summed E-state index contributed by atoms with van der Waals surface area (Å²) in [5, 5.41) is 21.4. The summed E-state index contributed by atoms with van der Waals surface area (Å²) in [5.41, 5.74) is 1.66. The van der Waals surface area contributed by atoms with E-state index in [9.17, 15) is 19.8 Å². The minimum atomic E-state index is -0.860. The number of nitrogens with zero attached hydrogens (tertiary/aromatic N) is 3. The molecule has 152 valence electrons. The molecule has 1 aliphatic rings. The number of rotatable bonds is 5. The van der Waals surface area contributed by atoms with Crippen LogP contribution in [0.15, 0.2) is 60.0 Å². The number of pyridine rings is 1. The Bertz CT molecular complexity index is 1170. The van der Waals surface area contributed by atoms with Crippen LogP contribution in [0.5, 0.6) is 5.75 Å². The van der Waals surface area contributed by atoms with Crippen LogP contribution in [0.1, 0.15) is 37.7 Å². The number of amides is 1. The van der Waals surface area contributed by atoms with Crippen molar-refractivity contribution >= 4 is 23.0 Å². The lowest BCUT2D eigenvalue weighted by molar-refractivity contribution is -0.130. The summed E-state index contributed by atoms with van der Waals surface area (Å²) in [4.78, 5) is 36.7. The smallest absolute Gasteiger partial charge is 0.290 e. The molecule has 0 spiro atoms. The van der Waals surface area contributed by atoms with Crippen molar-refractivity contribution in [3.05, 3.63) is 86.8 Å². The molecule has 1 amide bonds. The third kappa shape index (κ3) is 3.46. The van der Waals surface area contributed by atoms with Gasteiger partial charge >= 0.3 is 0 Å². The van der Waals surface area contributed by atoms with Gasteiger partial charge in [0.2, 0.25) is 5.78 Å². The van der Waals surface area contributed by atoms with Crippen LogP contribution in [-0.2, 0) is 11.3 Å². The van der Waals surface area contributed by atoms with E-state index in [2.05, 4.69) is 9.97 Å². The number of aryl methyl sites for hydroxylation is 2. The second-order valence-corrected chi connectivity index (χ2v) is 8.19. The molecule has 0 fully saturated rings. The Balaban J connectivity index is 1.83. The monoisotopic (exact) mass is 421 g/mol. The maximum Gasteiger partial charge on any atom is 0.290 e. The second kappa shape index (κ2) is 7.72. The van der Waals surface area contributed by atoms with Crippen LogP contribution >= 0.6 is 11.3 Å². The quantitative estimate of drug-likeness (QED) is 0.610. The Labute approximate surface area is 177 Å². The maximum atomic E-state index is 13.4. The molecule has 1 aliphatic heterocycles. The van der Waals surface area contributed by atoms with E-state index < -0.39 is 23.5 Å². The van der Waals surface area contributed by atoms with E-state index in [1.165, 1.54) is 28.4 Å². The highest BCUT2D eigenvalue weighted by Gasteiger charge is 2.44. The third-order valence-electron chi connectivity index (χ3n) is 4.90. The summed E-state index contributed by atoms with van der Waals surface area (Å²) in [6.07, 6.45) is 1.61. The molecule has 0 saturated carbocycles. The van der Waals surface area contributed by atoms with E-state index >= 15 is 0 Å². The highest BCUT2D eigenvalue weighted by molar-refractivity contribution is 7.14. The molecule has 8 heteroatoms. The van der Waals surface area contributed by atoms with Crippen LogP contribution in [-0.4, -0.2) is 36.8 Å². The first-order valence-electron chi connectivity index (χ1n) is 9.28. The molecule has 2 N–H and O–H groups in total. The first-order chi connectivity index (χ1) is 14.4. The zero-order chi connectivity index (χ0) is 21.4. The highest BCUT2D eigenvalue weighted by Crippen LogP contribution is 2.41. The number of hydrogen-bond acceptors (Lipinski definition) is 7. The van der Waals surface area contributed by atoms with Gasteiger partial charge in [0, 0.05) is 6.20 Å². The van der Waals surface area contributed by atoms with Crippen molar-refractivity contribution in [3.63, 3.8) is 0 Å². The number of Topliss-reactive ketones (excluding diaryl/α,β-unsaturated/α-hetero) is 1. The number of aromatic nitrogens is 2. The van der Waals surface area contributed by atoms with Crippen molar-refractivity contribution in [3.8, 4) is 5.75 Å². The number of thiazole rings is 1. The fourth-order valence-corrected chi connectivity index (χ4v) is 4.49. The molecule has 2 aromatic heterocycles. The topological polar surface area (TPSA) is 104 Å². The molecule has 0 aliphatic carbocycles. The summed E-state index contributed by atoms with van der Waals surface area (Å²) < 4.78 is 0. The minimum Gasteiger partial charge on any atom is -0.508 e. The Kier molecular flexibility index (Phi) is 5.09. The van der Waals surface area contributed by atoms with E-state index in [1.807, 2.05) is 0 Å². The third-order valence-corrected chi connectivity index (χ3v) is 5.97. The van der Waals surface area contributed by atoms with E-state index in [4.69, 9.17) is 0 Å². The molecule has 3 heterocycles. The lowest BCUT2D eigenvalue weighted by Crippen LogP contribution is -2.31. The van der Waals surface area contributed by atoms with Gasteiger partial charge in [0.15, 0.2) is 5.76 Å². The Morgan fingerprint density at radius 2 is 1.97 bits per heavy atom. The number of hydrogen-bond donors (Lipinski definition) is 2. The van der Waals surface area contributed by atoms with Gasteiger partial charge in [-0.25, -0.2) is 4.98 Å². The van der Waals surface area contributed by atoms with Crippen LogP contribution in [0.25, 0.3) is 0 Å². The molecule has 1 unspecified atom stereocenters. The Morgan fingerprint density at radius 1 is 1.17 bits per heavy atom. The van der Waals surface area contributed by atoms with Gasteiger partial charge < -0.3 is 15.1 Å². The largest absolute Gasteiger partial charge is 0.508 e. The SMILES string of the molecule is Cc1nc(C)c(C(=O)C2=C(O)C(=O)N(Cc3ccccn3)C2c2cccc(O)c2)s1. The summed E-state index contributed by atoms with van der Waals surface area (Å²) in [6.45, 7) is 3.62. The van der Waals surface area contributed by atoms with Gasteiger partial charge in [0.05, 0.1) is 39.4 Å². The van der Waals surface area contributed by atoms with Crippen molar-refractivity contribution in [1.29, 1.82) is 0 Å². The molecule has 7 nitrogen and oxygen atoms in total. The average molecular weight is 421 g/mol. The van der Waals surface area contributed by atoms with Gasteiger partial charge in [-0.2, -0.15) is 0 Å². The molecular formula is C22H19N3O4S. The fraction of sp³-hybridized carbons (Fsp3) is 0.182. The Hall–Kier alpha value is -3.52. The number of aliphatic hydroxyl groups is 1. The summed E-state index contributed by atoms with van der Waals surface area (Å²) in [6, 6.07) is 10.8. The number of phenolic OH excluding ortho intramolecular Hbond substituents is 1. The maximum absolute atomic E-state index is 13.4. The van der Waals surface area contributed by atoms with Gasteiger partial charge in [-0.05, 0) is 43.7 Å². The van der Waals surface area contributed by atoms with Crippen LogP contribution in [0.2, 0.25) is 0 Å². The predicted molar refractivity (Wildman–Crippen MR) is 111 cm³/mol. The van der Waals surface area contributed by atoms with Gasteiger partial charge in [-0.3, -0.25) is 14.6 Å². The fourth-order valence-electron chi connectivity index (χ4n) is 3.62. The first kappa shape index (κ1) is 19.8. The molecule has 1 atom stereocenters. The first-order valence-corrected chi connectivity index (χ1v) is 10.1. The van der Waals surface area contributed by atoms with Crippen LogP contribution < -0.4 is 0 Å². The van der Waals surface area contributed by atoms with Crippen molar-refractivity contribution < 1.29 is 19.8 Å². The van der Waals surface area contributed by atoms with Crippen LogP contribution in [0.4, 0.5) is 0 Å². The van der Waals surface area contributed by atoms with E-state index in [1.54, 1.807) is 50.4 Å². The molecule has 1 aromatic carbocycles. The van der Waals surface area contributed by atoms with E-state index in [0.717, 1.165) is 5.01 Å². The molecule has 0 radical (unpaired) electrons. The van der Waals surface area contributed by atoms with Crippen LogP contribution in [0, 0.1) is 13.8 Å². The van der Waals surface area contributed by atoms with Gasteiger partial charge in [0.1, 0.15) is 5.75 Å². The lowest BCUT2D eigenvalue weighted by Gasteiger charge is -2.26. The summed E-state index contributed by atoms with van der Waals surface area (Å²) >= 11 is 1.22. The van der Waals surface area contributed by atoms with Crippen molar-refractivity contribution in [1.82, 2.24) is 14.9 Å². The van der Waals surface area contributed by atoms with E-state index in [0.29, 0.717) is 21.8 Å². The lowest BCUT2D eigenvalue weighted by atomic mass is 9.95. The van der Waals surface area contributed by atoms with Gasteiger partial charge in [-0.1, -0.05) is 18.2 Å². The molecule has 3 aromatic rings. The number of aromatic hydroxyl groups is 1. The molecule has 4 rings (SSSR count). The number of carbonyl (C=O) groups is 2. The molecule has 0 bridgehead atoms.